The van der Waals surface area contributed by atoms with Gasteiger partial charge in [-0.25, -0.2) is 9.59 Å². The van der Waals surface area contributed by atoms with Crippen molar-refractivity contribution in [1.29, 1.82) is 0 Å². The Morgan fingerprint density at radius 3 is 2.50 bits per heavy atom. The number of carbonyl (C=O) groups excluding carboxylic acids is 2. The molecule has 1 atom stereocenters. The van der Waals surface area contributed by atoms with Crippen molar-refractivity contribution in [2.75, 3.05) is 26.1 Å². The summed E-state index contributed by atoms with van der Waals surface area (Å²) in [6, 6.07) is 0.349. The first kappa shape index (κ1) is 18.7. The average Bonchev–Trinajstić information content (AvgIpc) is 2.90. The highest BCUT2D eigenvalue weighted by molar-refractivity contribution is 7.80. The Balaban J connectivity index is 2.32. The van der Waals surface area contributed by atoms with Gasteiger partial charge in [-0.2, -0.15) is 0 Å². The van der Waals surface area contributed by atoms with E-state index in [1.807, 2.05) is 0 Å². The second-order valence-electron chi connectivity index (χ2n) is 5.71. The van der Waals surface area contributed by atoms with Crippen LogP contribution in [0.1, 0.15) is 51.8 Å². The molecule has 0 radical (unpaired) electrons. The fourth-order valence-electron chi connectivity index (χ4n) is 2.81. The van der Waals surface area contributed by atoms with Gasteiger partial charge in [0, 0.05) is 12.6 Å². The Hall–Kier alpha value is -1.67. The molecule has 0 amide bonds. The number of anilines is 1. The van der Waals surface area contributed by atoms with Crippen molar-refractivity contribution in [3.8, 4) is 0 Å². The number of esters is 2. The summed E-state index contributed by atoms with van der Waals surface area (Å²) in [5.74, 6) is -0.983. The molecule has 8 heteroatoms. The van der Waals surface area contributed by atoms with Crippen LogP contribution in [0.2, 0.25) is 0 Å². The molecule has 1 aromatic heterocycles. The maximum Gasteiger partial charge on any atom is 0.348 e. The lowest BCUT2D eigenvalue weighted by atomic mass is 10.0. The van der Waals surface area contributed by atoms with E-state index in [4.69, 9.17) is 21.7 Å². The van der Waals surface area contributed by atoms with Crippen molar-refractivity contribution >= 4 is 45.6 Å². The van der Waals surface area contributed by atoms with Gasteiger partial charge >= 0.3 is 11.9 Å². The van der Waals surface area contributed by atoms with Crippen LogP contribution in [-0.2, 0) is 9.47 Å². The highest BCUT2D eigenvalue weighted by Crippen LogP contribution is 2.34. The Labute approximate surface area is 151 Å². The van der Waals surface area contributed by atoms with Gasteiger partial charge < -0.3 is 19.7 Å². The molecule has 24 heavy (non-hydrogen) atoms. The predicted octanol–water partition coefficient (Wildman–Crippen LogP) is 3.20. The zero-order valence-corrected chi connectivity index (χ0v) is 15.9. The number of methoxy groups -OCH3 is 2. The number of thiocarbonyl (C=S) groups is 1. The van der Waals surface area contributed by atoms with E-state index in [1.54, 1.807) is 6.92 Å². The van der Waals surface area contributed by atoms with Gasteiger partial charge in [0.15, 0.2) is 5.11 Å². The summed E-state index contributed by atoms with van der Waals surface area (Å²) in [4.78, 5) is 26.5. The highest BCUT2D eigenvalue weighted by atomic mass is 32.1. The van der Waals surface area contributed by atoms with Gasteiger partial charge in [-0.1, -0.05) is 0 Å². The van der Waals surface area contributed by atoms with E-state index < -0.39 is 11.9 Å². The van der Waals surface area contributed by atoms with Crippen LogP contribution >= 0.6 is 23.6 Å². The Morgan fingerprint density at radius 1 is 1.25 bits per heavy atom. The number of carbonyl (C=O) groups is 2. The van der Waals surface area contributed by atoms with Gasteiger partial charge in [-0.05, 0) is 50.9 Å². The second kappa shape index (κ2) is 7.94. The number of rotatable bonds is 3. The molecule has 1 saturated heterocycles. The van der Waals surface area contributed by atoms with Crippen LogP contribution in [-0.4, -0.2) is 48.8 Å². The van der Waals surface area contributed by atoms with Crippen molar-refractivity contribution in [3.63, 3.8) is 0 Å². The SMILES string of the molecule is COC(=O)c1sc(NC(=S)N2CCCCC2C)c(C(=O)OC)c1C. The smallest absolute Gasteiger partial charge is 0.348 e. The van der Waals surface area contributed by atoms with Crippen molar-refractivity contribution < 1.29 is 19.1 Å². The van der Waals surface area contributed by atoms with Gasteiger partial charge in [0.05, 0.1) is 19.8 Å². The molecule has 6 nitrogen and oxygen atoms in total. The minimum absolute atomic E-state index is 0.329. The number of likely N-dealkylation sites (tertiary alicyclic amines) is 1. The molecule has 1 aromatic rings. The number of piperidine rings is 1. The largest absolute Gasteiger partial charge is 0.465 e. The maximum absolute atomic E-state index is 12.1. The number of hydrogen-bond acceptors (Lipinski definition) is 6. The summed E-state index contributed by atoms with van der Waals surface area (Å²) in [6.45, 7) is 4.72. The van der Waals surface area contributed by atoms with E-state index in [1.165, 1.54) is 20.6 Å². The van der Waals surface area contributed by atoms with Gasteiger partial charge in [0.25, 0.3) is 0 Å². The predicted molar refractivity (Wildman–Crippen MR) is 98.0 cm³/mol. The molecule has 1 aliphatic heterocycles. The summed E-state index contributed by atoms with van der Waals surface area (Å²) >= 11 is 6.67. The van der Waals surface area contributed by atoms with Crippen LogP contribution in [0.5, 0.6) is 0 Å². The maximum atomic E-state index is 12.1. The second-order valence-corrected chi connectivity index (χ2v) is 7.12. The van der Waals surface area contributed by atoms with Crippen LogP contribution < -0.4 is 5.32 Å². The molecule has 132 valence electrons. The third-order valence-corrected chi connectivity index (χ3v) is 5.72. The zero-order valence-electron chi connectivity index (χ0n) is 14.3. The lowest BCUT2D eigenvalue weighted by Crippen LogP contribution is -2.44. The summed E-state index contributed by atoms with van der Waals surface area (Å²) in [5, 5.41) is 4.21. The summed E-state index contributed by atoms with van der Waals surface area (Å²) in [6.07, 6.45) is 3.37. The van der Waals surface area contributed by atoms with Crippen molar-refractivity contribution in [3.05, 3.63) is 16.0 Å². The summed E-state index contributed by atoms with van der Waals surface area (Å²) < 4.78 is 9.64. The molecule has 2 rings (SSSR count). The summed E-state index contributed by atoms with van der Waals surface area (Å²) in [7, 11) is 2.62. The number of hydrogen-bond donors (Lipinski definition) is 1. The third-order valence-electron chi connectivity index (χ3n) is 4.19. The van der Waals surface area contributed by atoms with E-state index in [2.05, 4.69) is 17.1 Å². The fourth-order valence-corrected chi connectivity index (χ4v) is 4.36. The molecule has 1 fully saturated rings. The van der Waals surface area contributed by atoms with Gasteiger partial charge in [0.1, 0.15) is 9.88 Å². The van der Waals surface area contributed by atoms with E-state index in [-0.39, 0.29) is 0 Å². The standard InChI is InChI=1S/C16H22N2O4S2/c1-9-7-5-6-8-18(9)16(23)17-13-11(14(19)21-3)10(2)12(24-13)15(20)22-4/h9H,5-8H2,1-4H3,(H,17,23). The number of thiophene rings is 1. The minimum atomic E-state index is -0.504. The Bertz CT molecular complexity index is 657. The molecule has 1 N–H and O–H groups in total. The fraction of sp³-hybridized carbons (Fsp3) is 0.562. The summed E-state index contributed by atoms with van der Waals surface area (Å²) in [5.41, 5.74) is 0.866. The van der Waals surface area contributed by atoms with E-state index >= 15 is 0 Å². The van der Waals surface area contributed by atoms with Crippen LogP contribution in [0, 0.1) is 6.92 Å². The Kier molecular flexibility index (Phi) is 6.17. The normalized spacial score (nSPS) is 17.3. The highest BCUT2D eigenvalue weighted by Gasteiger charge is 2.28. The number of nitrogens with one attached hydrogen (secondary N) is 1. The molecule has 1 unspecified atom stereocenters. The quantitative estimate of drug-likeness (QED) is 0.647. The Morgan fingerprint density at radius 2 is 1.92 bits per heavy atom. The first-order chi connectivity index (χ1) is 11.4. The first-order valence-corrected chi connectivity index (χ1v) is 9.00. The zero-order chi connectivity index (χ0) is 17.9. The van der Waals surface area contributed by atoms with Gasteiger partial charge in [-0.15, -0.1) is 11.3 Å². The van der Waals surface area contributed by atoms with Crippen LogP contribution in [0.15, 0.2) is 0 Å². The first-order valence-electron chi connectivity index (χ1n) is 7.78. The monoisotopic (exact) mass is 370 g/mol. The molecule has 1 aliphatic rings. The van der Waals surface area contributed by atoms with E-state index in [9.17, 15) is 9.59 Å². The van der Waals surface area contributed by atoms with Crippen LogP contribution in [0.25, 0.3) is 0 Å². The van der Waals surface area contributed by atoms with Crippen molar-refractivity contribution in [2.24, 2.45) is 0 Å². The third kappa shape index (κ3) is 3.70. The van der Waals surface area contributed by atoms with E-state index in [0.29, 0.717) is 32.2 Å². The molecule has 0 aromatic carbocycles. The van der Waals surface area contributed by atoms with Crippen LogP contribution in [0.4, 0.5) is 5.00 Å². The van der Waals surface area contributed by atoms with E-state index in [0.717, 1.165) is 30.7 Å². The molecule has 0 bridgehead atoms. The number of ether oxygens (including phenoxy) is 2. The van der Waals surface area contributed by atoms with Gasteiger partial charge in [0.2, 0.25) is 0 Å². The molecule has 0 aliphatic carbocycles. The molecule has 0 spiro atoms. The molecular formula is C16H22N2O4S2. The minimum Gasteiger partial charge on any atom is -0.465 e. The molecular weight excluding hydrogens is 348 g/mol. The van der Waals surface area contributed by atoms with Crippen molar-refractivity contribution in [2.45, 2.75) is 39.2 Å². The van der Waals surface area contributed by atoms with Gasteiger partial charge in [-0.3, -0.25) is 0 Å². The lowest BCUT2D eigenvalue weighted by molar-refractivity contribution is 0.0601. The molecule has 0 saturated carbocycles. The lowest BCUT2D eigenvalue weighted by Gasteiger charge is -2.35. The van der Waals surface area contributed by atoms with Crippen LogP contribution in [0.3, 0.4) is 0 Å². The average molecular weight is 370 g/mol. The topological polar surface area (TPSA) is 67.9 Å². The number of nitrogens with zero attached hydrogens (tertiary/aromatic N) is 1. The van der Waals surface area contributed by atoms with Crippen molar-refractivity contribution in [1.82, 2.24) is 4.90 Å². The molecule has 2 heterocycles.